The van der Waals surface area contributed by atoms with Crippen LogP contribution >= 0.6 is 11.3 Å². The molecule has 0 bridgehead atoms. The van der Waals surface area contributed by atoms with Crippen molar-refractivity contribution < 1.29 is 14.3 Å². The van der Waals surface area contributed by atoms with Gasteiger partial charge in [0, 0.05) is 11.3 Å². The van der Waals surface area contributed by atoms with E-state index in [9.17, 15) is 9.59 Å². The molecule has 1 heterocycles. The van der Waals surface area contributed by atoms with E-state index in [-0.39, 0.29) is 12.5 Å². The molecule has 4 nitrogen and oxygen atoms in total. The van der Waals surface area contributed by atoms with Crippen molar-refractivity contribution in [2.45, 2.75) is 26.7 Å². The summed E-state index contributed by atoms with van der Waals surface area (Å²) in [7, 11) is 0. The minimum atomic E-state index is -0.404. The number of hydrogen-bond acceptors (Lipinski definition) is 4. The maximum atomic E-state index is 12.8. The van der Waals surface area contributed by atoms with Gasteiger partial charge in [0.1, 0.15) is 5.00 Å². The van der Waals surface area contributed by atoms with Gasteiger partial charge in [-0.25, -0.2) is 4.79 Å². The first-order valence-electron chi connectivity index (χ1n) is 9.36. The van der Waals surface area contributed by atoms with Crippen molar-refractivity contribution in [1.29, 1.82) is 0 Å². The number of ether oxygens (including phenoxy) is 1. The van der Waals surface area contributed by atoms with Gasteiger partial charge < -0.3 is 10.1 Å². The minimum absolute atomic E-state index is 0.127. The summed E-state index contributed by atoms with van der Waals surface area (Å²) in [5.74, 6) is -0.532. The van der Waals surface area contributed by atoms with Gasteiger partial charge in [-0.1, -0.05) is 67.6 Å². The number of carbonyl (C=O) groups is 2. The van der Waals surface area contributed by atoms with E-state index in [0.717, 1.165) is 21.6 Å². The molecule has 0 saturated heterocycles. The molecule has 0 atom stereocenters. The Hall–Kier alpha value is -2.92. The van der Waals surface area contributed by atoms with Crippen molar-refractivity contribution in [3.63, 3.8) is 0 Å². The maximum absolute atomic E-state index is 12.8. The number of thiophene rings is 1. The van der Waals surface area contributed by atoms with Crippen molar-refractivity contribution in [3.05, 3.63) is 77.4 Å². The van der Waals surface area contributed by atoms with Crippen molar-refractivity contribution in [3.8, 4) is 10.4 Å². The van der Waals surface area contributed by atoms with Gasteiger partial charge >= 0.3 is 5.97 Å². The van der Waals surface area contributed by atoms with Crippen LogP contribution < -0.4 is 5.32 Å². The van der Waals surface area contributed by atoms with Crippen LogP contribution in [-0.2, 0) is 16.0 Å². The highest BCUT2D eigenvalue weighted by molar-refractivity contribution is 7.20. The normalized spacial score (nSPS) is 10.5. The van der Waals surface area contributed by atoms with Gasteiger partial charge in [0.15, 0.2) is 0 Å². The largest absolute Gasteiger partial charge is 0.462 e. The van der Waals surface area contributed by atoms with Crippen molar-refractivity contribution >= 4 is 28.2 Å². The van der Waals surface area contributed by atoms with E-state index in [0.29, 0.717) is 23.4 Å². The molecule has 0 radical (unpaired) electrons. The number of benzene rings is 2. The molecule has 5 heteroatoms. The van der Waals surface area contributed by atoms with Crippen molar-refractivity contribution in [2.75, 3.05) is 11.9 Å². The Kier molecular flexibility index (Phi) is 6.61. The highest BCUT2D eigenvalue weighted by atomic mass is 32.1. The lowest BCUT2D eigenvalue weighted by Gasteiger charge is -2.09. The molecular formula is C23H23NO3S. The maximum Gasteiger partial charge on any atom is 0.341 e. The third kappa shape index (κ3) is 4.49. The molecule has 0 aliphatic rings. The number of anilines is 1. The van der Waals surface area contributed by atoms with E-state index in [2.05, 4.69) is 5.32 Å². The van der Waals surface area contributed by atoms with E-state index in [1.807, 2.05) is 60.7 Å². The quantitative estimate of drug-likeness (QED) is 0.537. The van der Waals surface area contributed by atoms with Gasteiger partial charge in [-0.15, -0.1) is 11.3 Å². The first-order valence-corrected chi connectivity index (χ1v) is 10.2. The summed E-state index contributed by atoms with van der Waals surface area (Å²) in [4.78, 5) is 25.9. The summed E-state index contributed by atoms with van der Waals surface area (Å²) >= 11 is 1.42. The molecule has 1 aromatic heterocycles. The van der Waals surface area contributed by atoms with E-state index in [1.54, 1.807) is 13.8 Å². The van der Waals surface area contributed by atoms with Gasteiger partial charge in [-0.3, -0.25) is 4.79 Å². The van der Waals surface area contributed by atoms with Crippen LogP contribution in [-0.4, -0.2) is 18.5 Å². The third-order valence-electron chi connectivity index (χ3n) is 4.32. The Morgan fingerprint density at radius 3 is 2.21 bits per heavy atom. The zero-order valence-corrected chi connectivity index (χ0v) is 16.8. The molecule has 0 aliphatic heterocycles. The van der Waals surface area contributed by atoms with Gasteiger partial charge in [0.2, 0.25) is 5.91 Å². The average molecular weight is 394 g/mol. The first-order chi connectivity index (χ1) is 13.6. The fraction of sp³-hybridized carbons (Fsp3) is 0.217. The number of hydrogen-bond donors (Lipinski definition) is 1. The third-order valence-corrected chi connectivity index (χ3v) is 5.52. The van der Waals surface area contributed by atoms with Crippen LogP contribution in [0.5, 0.6) is 0 Å². The summed E-state index contributed by atoms with van der Waals surface area (Å²) in [6, 6.07) is 19.9. The predicted molar refractivity (Wildman–Crippen MR) is 114 cm³/mol. The van der Waals surface area contributed by atoms with Crippen LogP contribution in [0.25, 0.3) is 10.4 Å². The Balaban J connectivity index is 2.18. The number of esters is 1. The van der Waals surface area contributed by atoms with E-state index in [1.165, 1.54) is 11.3 Å². The molecule has 3 rings (SSSR count). The molecule has 2 aromatic carbocycles. The van der Waals surface area contributed by atoms with Gasteiger partial charge in [-0.05, 0) is 30.0 Å². The summed E-state index contributed by atoms with van der Waals surface area (Å²) < 4.78 is 5.33. The monoisotopic (exact) mass is 393 g/mol. The lowest BCUT2D eigenvalue weighted by molar-refractivity contribution is -0.115. The first kappa shape index (κ1) is 19.8. The van der Waals surface area contributed by atoms with E-state index in [4.69, 9.17) is 4.74 Å². The van der Waals surface area contributed by atoms with Crippen LogP contribution in [0.3, 0.4) is 0 Å². The molecule has 1 amide bonds. The molecule has 3 aromatic rings. The fourth-order valence-electron chi connectivity index (χ4n) is 2.98. The summed E-state index contributed by atoms with van der Waals surface area (Å²) in [5, 5.41) is 3.45. The molecule has 0 unspecified atom stereocenters. The fourth-order valence-corrected chi connectivity index (χ4v) is 4.21. The van der Waals surface area contributed by atoms with Gasteiger partial charge in [-0.2, -0.15) is 0 Å². The summed E-state index contributed by atoms with van der Waals surface area (Å²) in [5.41, 5.74) is 3.45. The Morgan fingerprint density at radius 2 is 1.61 bits per heavy atom. The molecule has 28 heavy (non-hydrogen) atoms. The lowest BCUT2D eigenvalue weighted by atomic mass is 9.98. The smallest absolute Gasteiger partial charge is 0.341 e. The average Bonchev–Trinajstić information content (AvgIpc) is 3.07. The number of rotatable bonds is 7. The molecule has 0 saturated carbocycles. The minimum Gasteiger partial charge on any atom is -0.462 e. The van der Waals surface area contributed by atoms with Crippen LogP contribution in [0.1, 0.15) is 41.8 Å². The van der Waals surface area contributed by atoms with Gasteiger partial charge in [0.05, 0.1) is 12.2 Å². The SMILES string of the molecule is CCOC(=O)c1c(NC(=O)CC)sc(-c2ccccc2)c1Cc1ccccc1. The van der Waals surface area contributed by atoms with E-state index < -0.39 is 5.97 Å². The summed E-state index contributed by atoms with van der Waals surface area (Å²) in [6.45, 7) is 3.85. The highest BCUT2D eigenvalue weighted by Crippen LogP contribution is 2.42. The zero-order chi connectivity index (χ0) is 19.9. The lowest BCUT2D eigenvalue weighted by Crippen LogP contribution is -2.14. The standard InChI is InChI=1S/C23H23NO3S/c1-3-19(25)24-22-20(23(26)27-4-2)18(15-16-11-7-5-8-12-16)21(28-22)17-13-9-6-10-14-17/h5-14H,3-4,15H2,1-2H3,(H,24,25). The van der Waals surface area contributed by atoms with Gasteiger partial charge in [0.25, 0.3) is 0 Å². The van der Waals surface area contributed by atoms with Crippen LogP contribution in [0.15, 0.2) is 60.7 Å². The van der Waals surface area contributed by atoms with Crippen molar-refractivity contribution in [2.24, 2.45) is 0 Å². The number of nitrogens with one attached hydrogen (secondary N) is 1. The van der Waals surface area contributed by atoms with Crippen molar-refractivity contribution in [1.82, 2.24) is 0 Å². The predicted octanol–water partition coefficient (Wildman–Crippen LogP) is 5.53. The topological polar surface area (TPSA) is 55.4 Å². The molecule has 0 spiro atoms. The molecule has 0 aliphatic carbocycles. The number of carbonyl (C=O) groups excluding carboxylic acids is 2. The highest BCUT2D eigenvalue weighted by Gasteiger charge is 2.26. The van der Waals surface area contributed by atoms with Crippen LogP contribution in [0.4, 0.5) is 5.00 Å². The number of amides is 1. The second-order valence-corrected chi connectivity index (χ2v) is 7.29. The second kappa shape index (κ2) is 9.33. The van der Waals surface area contributed by atoms with Crippen LogP contribution in [0, 0.1) is 0 Å². The van der Waals surface area contributed by atoms with E-state index >= 15 is 0 Å². The zero-order valence-electron chi connectivity index (χ0n) is 16.0. The Labute approximate surface area is 169 Å². The second-order valence-electron chi connectivity index (χ2n) is 6.26. The molecule has 1 N–H and O–H groups in total. The molecular weight excluding hydrogens is 370 g/mol. The Bertz CT molecular complexity index is 949. The molecule has 0 fully saturated rings. The van der Waals surface area contributed by atoms with Crippen LogP contribution in [0.2, 0.25) is 0 Å². The molecule has 144 valence electrons. The summed E-state index contributed by atoms with van der Waals surface area (Å²) in [6.07, 6.45) is 0.923. The Morgan fingerprint density at radius 1 is 0.964 bits per heavy atom.